The van der Waals surface area contributed by atoms with Crippen LogP contribution in [0.1, 0.15) is 11.1 Å². The van der Waals surface area contributed by atoms with E-state index >= 15 is 0 Å². The molecular formula is C15H15Cl3NO-. The highest BCUT2D eigenvalue weighted by atomic mass is 35.5. The van der Waals surface area contributed by atoms with Crippen LogP contribution in [0.2, 0.25) is 10.0 Å². The van der Waals surface area contributed by atoms with Crippen LogP contribution in [-0.4, -0.2) is 7.11 Å². The van der Waals surface area contributed by atoms with E-state index in [9.17, 15) is 0 Å². The van der Waals surface area contributed by atoms with Crippen molar-refractivity contribution >= 4 is 23.2 Å². The van der Waals surface area contributed by atoms with E-state index in [0.29, 0.717) is 16.6 Å². The summed E-state index contributed by atoms with van der Waals surface area (Å²) in [6, 6.07) is 13.5. The van der Waals surface area contributed by atoms with Gasteiger partial charge in [0, 0.05) is 28.7 Å². The third kappa shape index (κ3) is 4.57. The Balaban J connectivity index is 0.00000200. The average Bonchev–Trinajstić information content (AvgIpc) is 2.43. The predicted octanol–water partition coefficient (Wildman–Crippen LogP) is 1.30. The lowest BCUT2D eigenvalue weighted by molar-refractivity contribution is -0.00000400. The summed E-state index contributed by atoms with van der Waals surface area (Å²) in [6.07, 6.45) is 0. The van der Waals surface area contributed by atoms with E-state index in [4.69, 9.17) is 27.9 Å². The predicted molar refractivity (Wildman–Crippen MR) is 80.0 cm³/mol. The number of hydrogen-bond acceptors (Lipinski definition) is 2. The van der Waals surface area contributed by atoms with E-state index < -0.39 is 0 Å². The monoisotopic (exact) mass is 330 g/mol. The molecule has 108 valence electrons. The van der Waals surface area contributed by atoms with Gasteiger partial charge in [-0.15, -0.1) is 0 Å². The summed E-state index contributed by atoms with van der Waals surface area (Å²) >= 11 is 12.2. The van der Waals surface area contributed by atoms with Crippen molar-refractivity contribution in [1.29, 1.82) is 0 Å². The highest BCUT2D eigenvalue weighted by molar-refractivity contribution is 6.35. The molecular weight excluding hydrogens is 317 g/mol. The van der Waals surface area contributed by atoms with Gasteiger partial charge in [-0.2, -0.15) is 0 Å². The number of halogens is 3. The largest absolute Gasteiger partial charge is 1.00 e. The zero-order valence-corrected chi connectivity index (χ0v) is 13.3. The molecule has 0 radical (unpaired) electrons. The van der Waals surface area contributed by atoms with Crippen LogP contribution in [0.15, 0.2) is 42.5 Å². The van der Waals surface area contributed by atoms with Gasteiger partial charge in [-0.25, -0.2) is 0 Å². The molecule has 2 aromatic rings. The summed E-state index contributed by atoms with van der Waals surface area (Å²) in [5.41, 5.74) is 2.11. The molecule has 0 aliphatic carbocycles. The average molecular weight is 332 g/mol. The van der Waals surface area contributed by atoms with Gasteiger partial charge in [-0.3, -0.25) is 0 Å². The molecule has 5 heteroatoms. The quantitative estimate of drug-likeness (QED) is 0.892. The molecule has 1 N–H and O–H groups in total. The summed E-state index contributed by atoms with van der Waals surface area (Å²) in [4.78, 5) is 0. The number of rotatable bonds is 5. The molecule has 0 saturated carbocycles. The standard InChI is InChI=1S/C15H15Cl2NO.ClH/c1-19-12-7-5-11(6-8-12)9-18-10-13-14(16)3-2-4-15(13)17;/h2-8,18H,9-10H2,1H3;1H/p-1. The second-order valence-corrected chi connectivity index (χ2v) is 4.97. The van der Waals surface area contributed by atoms with Crippen LogP contribution in [0.5, 0.6) is 5.75 Å². The van der Waals surface area contributed by atoms with Crippen molar-refractivity contribution < 1.29 is 17.1 Å². The Hall–Kier alpha value is -0.930. The lowest BCUT2D eigenvalue weighted by atomic mass is 10.2. The smallest absolute Gasteiger partial charge is 0.118 e. The maximum atomic E-state index is 6.11. The molecule has 0 amide bonds. The van der Waals surface area contributed by atoms with E-state index in [0.717, 1.165) is 17.9 Å². The van der Waals surface area contributed by atoms with Crippen LogP contribution in [0.4, 0.5) is 0 Å². The van der Waals surface area contributed by atoms with Crippen molar-refractivity contribution in [2.45, 2.75) is 13.1 Å². The zero-order chi connectivity index (χ0) is 13.7. The molecule has 2 rings (SSSR count). The van der Waals surface area contributed by atoms with E-state index in [1.807, 2.05) is 42.5 Å². The maximum Gasteiger partial charge on any atom is 0.118 e. The molecule has 0 aromatic heterocycles. The highest BCUT2D eigenvalue weighted by Gasteiger charge is 2.04. The fraction of sp³-hybridized carbons (Fsp3) is 0.200. The number of methoxy groups -OCH3 is 1. The fourth-order valence-corrected chi connectivity index (χ4v) is 2.31. The van der Waals surface area contributed by atoms with Gasteiger partial charge in [0.15, 0.2) is 0 Å². The van der Waals surface area contributed by atoms with Crippen LogP contribution in [0, 0.1) is 0 Å². The Kier molecular flexibility index (Phi) is 7.17. The first-order valence-electron chi connectivity index (χ1n) is 5.97. The molecule has 0 fully saturated rings. The van der Waals surface area contributed by atoms with Gasteiger partial charge in [-0.05, 0) is 29.8 Å². The topological polar surface area (TPSA) is 21.3 Å². The van der Waals surface area contributed by atoms with Crippen molar-refractivity contribution in [2.24, 2.45) is 0 Å². The summed E-state index contributed by atoms with van der Waals surface area (Å²) in [6.45, 7) is 1.40. The molecule has 0 bridgehead atoms. The molecule has 0 spiro atoms. The van der Waals surface area contributed by atoms with Crippen molar-refractivity contribution in [3.63, 3.8) is 0 Å². The first kappa shape index (κ1) is 17.1. The van der Waals surface area contributed by atoms with Crippen LogP contribution < -0.4 is 22.5 Å². The maximum absolute atomic E-state index is 6.11. The zero-order valence-electron chi connectivity index (χ0n) is 11.0. The molecule has 0 saturated heterocycles. The van der Waals surface area contributed by atoms with Crippen molar-refractivity contribution in [3.05, 3.63) is 63.6 Å². The van der Waals surface area contributed by atoms with Gasteiger partial charge in [0.05, 0.1) is 7.11 Å². The van der Waals surface area contributed by atoms with Gasteiger partial charge in [0.2, 0.25) is 0 Å². The Morgan fingerprint density at radius 2 is 1.55 bits per heavy atom. The van der Waals surface area contributed by atoms with E-state index in [2.05, 4.69) is 5.32 Å². The summed E-state index contributed by atoms with van der Waals surface area (Å²) in [5, 5.41) is 4.71. The first-order valence-corrected chi connectivity index (χ1v) is 6.73. The second kappa shape index (κ2) is 8.38. The van der Waals surface area contributed by atoms with Crippen LogP contribution in [0.3, 0.4) is 0 Å². The Bertz CT molecular complexity index is 523. The van der Waals surface area contributed by atoms with Gasteiger partial charge in [0.1, 0.15) is 5.75 Å². The molecule has 2 nitrogen and oxygen atoms in total. The first-order chi connectivity index (χ1) is 9.20. The minimum Gasteiger partial charge on any atom is -1.00 e. The van der Waals surface area contributed by atoms with Crippen LogP contribution in [-0.2, 0) is 13.1 Å². The Morgan fingerprint density at radius 3 is 2.10 bits per heavy atom. The molecule has 0 heterocycles. The van der Waals surface area contributed by atoms with E-state index in [-0.39, 0.29) is 12.4 Å². The van der Waals surface area contributed by atoms with Crippen molar-refractivity contribution in [1.82, 2.24) is 5.32 Å². The minimum atomic E-state index is 0. The summed E-state index contributed by atoms with van der Waals surface area (Å²) < 4.78 is 5.12. The molecule has 0 atom stereocenters. The lowest BCUT2D eigenvalue weighted by Gasteiger charge is -2.09. The fourth-order valence-electron chi connectivity index (χ4n) is 1.78. The SMILES string of the molecule is COc1ccc(CNCc2c(Cl)cccc2Cl)cc1.[Cl-]. The number of nitrogens with one attached hydrogen (secondary N) is 1. The lowest BCUT2D eigenvalue weighted by Crippen LogP contribution is -3.00. The van der Waals surface area contributed by atoms with E-state index in [1.54, 1.807) is 7.11 Å². The van der Waals surface area contributed by atoms with Crippen LogP contribution >= 0.6 is 23.2 Å². The summed E-state index contributed by atoms with van der Waals surface area (Å²) in [5.74, 6) is 0.859. The molecule has 0 unspecified atom stereocenters. The Labute approximate surface area is 135 Å². The number of hydrogen-bond donors (Lipinski definition) is 1. The molecule has 20 heavy (non-hydrogen) atoms. The van der Waals surface area contributed by atoms with Gasteiger partial charge in [-0.1, -0.05) is 41.4 Å². The van der Waals surface area contributed by atoms with Crippen molar-refractivity contribution in [2.75, 3.05) is 7.11 Å². The second-order valence-electron chi connectivity index (χ2n) is 4.15. The molecule has 0 aliphatic rings. The minimum absolute atomic E-state index is 0. The third-order valence-corrected chi connectivity index (χ3v) is 3.56. The molecule has 0 aliphatic heterocycles. The number of benzene rings is 2. The van der Waals surface area contributed by atoms with E-state index in [1.165, 1.54) is 5.56 Å². The normalized spacial score (nSPS) is 9.95. The summed E-state index contributed by atoms with van der Waals surface area (Å²) in [7, 11) is 1.66. The van der Waals surface area contributed by atoms with Crippen molar-refractivity contribution in [3.8, 4) is 5.75 Å². The van der Waals surface area contributed by atoms with Gasteiger partial charge < -0.3 is 22.5 Å². The number of ether oxygens (including phenoxy) is 1. The third-order valence-electron chi connectivity index (χ3n) is 2.85. The van der Waals surface area contributed by atoms with Crippen LogP contribution in [0.25, 0.3) is 0 Å². The Morgan fingerprint density at radius 1 is 0.950 bits per heavy atom. The van der Waals surface area contributed by atoms with Gasteiger partial charge in [0.25, 0.3) is 0 Å². The van der Waals surface area contributed by atoms with Gasteiger partial charge >= 0.3 is 0 Å². The molecule has 2 aromatic carbocycles. The highest BCUT2D eigenvalue weighted by Crippen LogP contribution is 2.24.